The van der Waals surface area contributed by atoms with Crippen molar-refractivity contribution in [3.05, 3.63) is 70.4 Å². The maximum Gasteiger partial charge on any atom is 0.293 e. The van der Waals surface area contributed by atoms with E-state index in [-0.39, 0.29) is 17.7 Å². The molecule has 8 heteroatoms. The molecule has 2 heterocycles. The van der Waals surface area contributed by atoms with Gasteiger partial charge in [-0.2, -0.15) is 0 Å². The van der Waals surface area contributed by atoms with Crippen molar-refractivity contribution < 1.29 is 22.4 Å². The number of aromatic nitrogens is 1. The summed E-state index contributed by atoms with van der Waals surface area (Å²) in [5.41, 5.74) is 0.0106. The lowest BCUT2D eigenvalue weighted by atomic mass is 10.1. The first kappa shape index (κ1) is 15.3. The number of furan rings is 1. The van der Waals surface area contributed by atoms with Gasteiger partial charge in [0, 0.05) is 17.5 Å². The molecule has 0 bridgehead atoms. The van der Waals surface area contributed by atoms with Crippen LogP contribution >= 0.6 is 11.3 Å². The lowest BCUT2D eigenvalue weighted by molar-refractivity contribution is 0.0996. The summed E-state index contributed by atoms with van der Waals surface area (Å²) in [4.78, 5) is 16.4. The molecule has 0 saturated carbocycles. The van der Waals surface area contributed by atoms with Crippen LogP contribution in [0.25, 0.3) is 0 Å². The van der Waals surface area contributed by atoms with Gasteiger partial charge < -0.3 is 4.42 Å². The molecule has 4 nitrogen and oxygen atoms in total. The van der Waals surface area contributed by atoms with E-state index in [1.165, 1.54) is 24.6 Å². The number of nitrogens with one attached hydrogen (secondary N) is 1. The Hall–Kier alpha value is -2.61. The SMILES string of the molecule is O=C(Nc1ncc(Cc2ccc(F)c(F)c2F)s1)c1ccco1. The summed E-state index contributed by atoms with van der Waals surface area (Å²) < 4.78 is 44.7. The van der Waals surface area contributed by atoms with Crippen LogP contribution in [0.15, 0.2) is 41.1 Å². The molecule has 0 unspecified atom stereocenters. The fraction of sp³-hybridized carbons (Fsp3) is 0.0667. The molecule has 0 fully saturated rings. The molecule has 0 aliphatic rings. The summed E-state index contributed by atoms with van der Waals surface area (Å²) in [7, 11) is 0. The molecule has 1 N–H and O–H groups in total. The number of benzene rings is 1. The van der Waals surface area contributed by atoms with E-state index in [2.05, 4.69) is 10.3 Å². The van der Waals surface area contributed by atoms with Crippen LogP contribution in [0.4, 0.5) is 18.3 Å². The second kappa shape index (κ2) is 6.25. The van der Waals surface area contributed by atoms with E-state index < -0.39 is 23.4 Å². The second-order valence-electron chi connectivity index (χ2n) is 4.57. The minimum absolute atomic E-state index is 0.0106. The van der Waals surface area contributed by atoms with Crippen LogP contribution in [-0.2, 0) is 6.42 Å². The molecule has 0 aliphatic heterocycles. The van der Waals surface area contributed by atoms with Gasteiger partial charge in [0.25, 0.3) is 5.91 Å². The lowest BCUT2D eigenvalue weighted by Gasteiger charge is -2.02. The first-order chi connectivity index (χ1) is 11.0. The summed E-state index contributed by atoms with van der Waals surface area (Å²) >= 11 is 1.10. The fourth-order valence-corrected chi connectivity index (χ4v) is 2.73. The average Bonchev–Trinajstić information content (AvgIpc) is 3.20. The molecular weight excluding hydrogens is 329 g/mol. The molecule has 2 aromatic heterocycles. The zero-order valence-corrected chi connectivity index (χ0v) is 12.3. The molecule has 1 amide bonds. The van der Waals surface area contributed by atoms with E-state index in [0.29, 0.717) is 10.0 Å². The number of halogens is 3. The Bertz CT molecular complexity index is 847. The quantitative estimate of drug-likeness (QED) is 0.732. The average molecular weight is 338 g/mol. The molecule has 3 rings (SSSR count). The van der Waals surface area contributed by atoms with Crippen molar-refractivity contribution in [3.63, 3.8) is 0 Å². The van der Waals surface area contributed by atoms with Crippen molar-refractivity contribution in [2.24, 2.45) is 0 Å². The molecule has 0 aliphatic carbocycles. The Morgan fingerprint density at radius 3 is 2.78 bits per heavy atom. The summed E-state index contributed by atoms with van der Waals surface area (Å²) in [6, 6.07) is 5.12. The zero-order valence-electron chi connectivity index (χ0n) is 11.5. The molecular formula is C15H9F3N2O2S. The van der Waals surface area contributed by atoms with E-state index in [4.69, 9.17) is 4.42 Å². The number of anilines is 1. The first-order valence-corrected chi connectivity index (χ1v) is 7.28. The van der Waals surface area contributed by atoms with Crippen LogP contribution in [0.3, 0.4) is 0 Å². The third kappa shape index (κ3) is 3.26. The van der Waals surface area contributed by atoms with E-state index >= 15 is 0 Å². The number of nitrogens with zero attached hydrogens (tertiary/aromatic N) is 1. The molecule has 0 radical (unpaired) electrons. The fourth-order valence-electron chi connectivity index (χ4n) is 1.90. The summed E-state index contributed by atoms with van der Waals surface area (Å²) in [5, 5.41) is 2.83. The van der Waals surface area contributed by atoms with Crippen LogP contribution < -0.4 is 5.32 Å². The number of hydrogen-bond acceptors (Lipinski definition) is 4. The lowest BCUT2D eigenvalue weighted by Crippen LogP contribution is -2.10. The molecule has 0 atom stereocenters. The normalized spacial score (nSPS) is 10.7. The number of carbonyl (C=O) groups excluding carboxylic acids is 1. The van der Waals surface area contributed by atoms with Gasteiger partial charge in [-0.15, -0.1) is 11.3 Å². The van der Waals surface area contributed by atoms with Gasteiger partial charge in [-0.3, -0.25) is 10.1 Å². The van der Waals surface area contributed by atoms with E-state index in [1.54, 1.807) is 6.07 Å². The number of thiazole rings is 1. The van der Waals surface area contributed by atoms with Crippen LogP contribution in [-0.4, -0.2) is 10.9 Å². The zero-order chi connectivity index (χ0) is 16.4. The Morgan fingerprint density at radius 2 is 2.04 bits per heavy atom. The van der Waals surface area contributed by atoms with E-state index in [9.17, 15) is 18.0 Å². The highest BCUT2D eigenvalue weighted by atomic mass is 32.1. The topological polar surface area (TPSA) is 55.1 Å². The minimum Gasteiger partial charge on any atom is -0.459 e. The van der Waals surface area contributed by atoms with Gasteiger partial charge in [-0.1, -0.05) is 6.07 Å². The van der Waals surface area contributed by atoms with Gasteiger partial charge >= 0.3 is 0 Å². The molecule has 0 saturated heterocycles. The minimum atomic E-state index is -1.50. The highest BCUT2D eigenvalue weighted by Gasteiger charge is 2.15. The van der Waals surface area contributed by atoms with Crippen LogP contribution in [0.2, 0.25) is 0 Å². The molecule has 23 heavy (non-hydrogen) atoms. The summed E-state index contributed by atoms with van der Waals surface area (Å²) in [6.45, 7) is 0. The van der Waals surface area contributed by atoms with Crippen molar-refractivity contribution >= 4 is 22.4 Å². The van der Waals surface area contributed by atoms with Crippen LogP contribution in [0.5, 0.6) is 0 Å². The van der Waals surface area contributed by atoms with Gasteiger partial charge in [0.1, 0.15) is 0 Å². The molecule has 118 valence electrons. The Kier molecular flexibility index (Phi) is 4.16. The molecule has 3 aromatic rings. The smallest absolute Gasteiger partial charge is 0.293 e. The predicted octanol–water partition coefficient (Wildman–Crippen LogP) is 4.00. The maximum absolute atomic E-state index is 13.6. The van der Waals surface area contributed by atoms with Crippen molar-refractivity contribution in [1.82, 2.24) is 4.98 Å². The van der Waals surface area contributed by atoms with Gasteiger partial charge in [0.2, 0.25) is 0 Å². The third-order valence-electron chi connectivity index (χ3n) is 3.00. The van der Waals surface area contributed by atoms with Crippen LogP contribution in [0.1, 0.15) is 21.0 Å². The highest BCUT2D eigenvalue weighted by molar-refractivity contribution is 7.15. The largest absolute Gasteiger partial charge is 0.459 e. The Labute approximate surface area is 132 Å². The standard InChI is InChI=1S/C15H9F3N2O2S/c16-10-4-3-8(12(17)13(10)18)6-9-7-19-15(23-9)20-14(21)11-2-1-5-22-11/h1-5,7H,6H2,(H,19,20,21). The maximum atomic E-state index is 13.6. The van der Waals surface area contributed by atoms with Gasteiger partial charge in [-0.25, -0.2) is 18.2 Å². The van der Waals surface area contributed by atoms with Crippen molar-refractivity contribution in [3.8, 4) is 0 Å². The predicted molar refractivity (Wildman–Crippen MR) is 77.9 cm³/mol. The molecule has 1 aromatic carbocycles. The van der Waals surface area contributed by atoms with Gasteiger partial charge in [0.15, 0.2) is 28.3 Å². The number of hydrogen-bond donors (Lipinski definition) is 1. The number of carbonyl (C=O) groups is 1. The highest BCUT2D eigenvalue weighted by Crippen LogP contribution is 2.24. The summed E-state index contributed by atoms with van der Waals surface area (Å²) in [5.74, 6) is -4.29. The van der Waals surface area contributed by atoms with E-state index in [0.717, 1.165) is 17.4 Å². The Morgan fingerprint density at radius 1 is 1.22 bits per heavy atom. The number of amides is 1. The monoisotopic (exact) mass is 338 g/mol. The number of rotatable bonds is 4. The van der Waals surface area contributed by atoms with Crippen LogP contribution in [0, 0.1) is 17.5 Å². The Balaban J connectivity index is 1.73. The first-order valence-electron chi connectivity index (χ1n) is 6.46. The molecule has 0 spiro atoms. The third-order valence-corrected chi connectivity index (χ3v) is 3.91. The summed E-state index contributed by atoms with van der Waals surface area (Å²) in [6.07, 6.45) is 2.84. The van der Waals surface area contributed by atoms with Crippen molar-refractivity contribution in [2.45, 2.75) is 6.42 Å². The van der Waals surface area contributed by atoms with Crippen molar-refractivity contribution in [1.29, 1.82) is 0 Å². The second-order valence-corrected chi connectivity index (χ2v) is 5.69. The van der Waals surface area contributed by atoms with Gasteiger partial charge in [0.05, 0.1) is 6.26 Å². The van der Waals surface area contributed by atoms with E-state index in [1.807, 2.05) is 0 Å². The van der Waals surface area contributed by atoms with Gasteiger partial charge in [-0.05, 0) is 23.8 Å². The van der Waals surface area contributed by atoms with Crippen molar-refractivity contribution in [2.75, 3.05) is 5.32 Å².